The van der Waals surface area contributed by atoms with Crippen molar-refractivity contribution in [3.8, 4) is 0 Å². The van der Waals surface area contributed by atoms with E-state index in [0.29, 0.717) is 17.8 Å². The van der Waals surface area contributed by atoms with Crippen LogP contribution in [0.4, 0.5) is 15.8 Å². The lowest BCUT2D eigenvalue weighted by atomic mass is 10.1. The van der Waals surface area contributed by atoms with Crippen molar-refractivity contribution in [3.63, 3.8) is 0 Å². The van der Waals surface area contributed by atoms with Crippen LogP contribution in [0, 0.1) is 5.82 Å². The van der Waals surface area contributed by atoms with Gasteiger partial charge in [0.05, 0.1) is 6.42 Å². The quantitative estimate of drug-likeness (QED) is 0.856. The van der Waals surface area contributed by atoms with E-state index < -0.39 is 0 Å². The van der Waals surface area contributed by atoms with Crippen molar-refractivity contribution in [2.75, 3.05) is 17.2 Å². The fourth-order valence-electron chi connectivity index (χ4n) is 2.18. The number of anilines is 2. The van der Waals surface area contributed by atoms with Gasteiger partial charge in [-0.2, -0.15) is 0 Å². The summed E-state index contributed by atoms with van der Waals surface area (Å²) in [6.45, 7) is 2.60. The van der Waals surface area contributed by atoms with Gasteiger partial charge < -0.3 is 10.6 Å². The van der Waals surface area contributed by atoms with Crippen LogP contribution in [0.3, 0.4) is 0 Å². The third kappa shape index (κ3) is 3.81. The topological polar surface area (TPSA) is 46.3 Å². The molecule has 0 radical (unpaired) electrons. The van der Waals surface area contributed by atoms with Crippen LogP contribution in [0.5, 0.6) is 0 Å². The summed E-state index contributed by atoms with van der Waals surface area (Å²) in [5, 5.41) is 0. The number of hydrogen-bond acceptors (Lipinski definition) is 2. The third-order valence-corrected chi connectivity index (χ3v) is 3.25. The van der Waals surface area contributed by atoms with Gasteiger partial charge in [0.2, 0.25) is 5.91 Å². The normalized spacial score (nSPS) is 10.4. The summed E-state index contributed by atoms with van der Waals surface area (Å²) in [7, 11) is 0. The fraction of sp³-hybridized carbons (Fsp3) is 0.235. The molecule has 2 rings (SSSR count). The largest absolute Gasteiger partial charge is 0.399 e. The summed E-state index contributed by atoms with van der Waals surface area (Å²) in [5.41, 5.74) is 7.52. The first-order chi connectivity index (χ1) is 10.1. The number of nitrogens with zero attached hydrogens (tertiary/aromatic N) is 1. The maximum absolute atomic E-state index is 13.7. The second-order valence-corrected chi connectivity index (χ2v) is 4.91. The Bertz CT molecular complexity index is 610. The molecule has 4 heteroatoms. The van der Waals surface area contributed by atoms with Crippen molar-refractivity contribution >= 4 is 17.3 Å². The third-order valence-electron chi connectivity index (χ3n) is 3.25. The number of amides is 1. The molecule has 0 aliphatic carbocycles. The fourth-order valence-corrected chi connectivity index (χ4v) is 2.18. The molecule has 0 atom stereocenters. The van der Waals surface area contributed by atoms with E-state index in [1.807, 2.05) is 19.1 Å². The van der Waals surface area contributed by atoms with E-state index in [9.17, 15) is 9.18 Å². The maximum atomic E-state index is 13.7. The molecule has 0 saturated carbocycles. The van der Waals surface area contributed by atoms with Gasteiger partial charge in [0.25, 0.3) is 0 Å². The van der Waals surface area contributed by atoms with Crippen LogP contribution < -0.4 is 10.6 Å². The Morgan fingerprint density at radius 3 is 2.43 bits per heavy atom. The van der Waals surface area contributed by atoms with Crippen LogP contribution in [-0.2, 0) is 11.2 Å². The molecule has 0 aliphatic heterocycles. The Kier molecular flexibility index (Phi) is 4.93. The predicted octanol–water partition coefficient (Wildman–Crippen LogP) is 3.39. The molecule has 0 saturated heterocycles. The second-order valence-electron chi connectivity index (χ2n) is 4.91. The number of carbonyl (C=O) groups excluding carboxylic acids is 1. The molecule has 2 aromatic carbocycles. The van der Waals surface area contributed by atoms with Gasteiger partial charge in [0.1, 0.15) is 5.82 Å². The summed E-state index contributed by atoms with van der Waals surface area (Å²) >= 11 is 0. The number of nitrogens with two attached hydrogens (primary N) is 1. The van der Waals surface area contributed by atoms with Crippen molar-refractivity contribution < 1.29 is 9.18 Å². The minimum absolute atomic E-state index is 0.0526. The number of rotatable bonds is 5. The Balaban J connectivity index is 2.20. The van der Waals surface area contributed by atoms with Gasteiger partial charge in [-0.15, -0.1) is 0 Å². The minimum atomic E-state index is -0.348. The molecule has 1 amide bonds. The van der Waals surface area contributed by atoms with Crippen molar-refractivity contribution in [1.82, 2.24) is 0 Å². The Labute approximate surface area is 124 Å². The van der Waals surface area contributed by atoms with Gasteiger partial charge in [-0.25, -0.2) is 4.39 Å². The average Bonchev–Trinajstić information content (AvgIpc) is 2.48. The summed E-state index contributed by atoms with van der Waals surface area (Å²) < 4.78 is 13.7. The van der Waals surface area contributed by atoms with E-state index in [0.717, 1.165) is 12.1 Å². The molecule has 0 fully saturated rings. The molecule has 0 unspecified atom stereocenters. The first-order valence-electron chi connectivity index (χ1n) is 7.01. The number of nitrogen functional groups attached to an aromatic ring is 1. The Hall–Kier alpha value is -2.36. The Morgan fingerprint density at radius 1 is 1.14 bits per heavy atom. The van der Waals surface area contributed by atoms with Crippen LogP contribution in [0.15, 0.2) is 48.5 Å². The van der Waals surface area contributed by atoms with Crippen LogP contribution in [-0.4, -0.2) is 12.5 Å². The molecule has 0 spiro atoms. The van der Waals surface area contributed by atoms with Crippen LogP contribution in [0.25, 0.3) is 0 Å². The zero-order chi connectivity index (χ0) is 15.2. The van der Waals surface area contributed by atoms with E-state index in [-0.39, 0.29) is 18.1 Å². The highest BCUT2D eigenvalue weighted by atomic mass is 19.1. The summed E-state index contributed by atoms with van der Waals surface area (Å²) in [5.74, 6) is -0.466. The molecule has 0 aromatic heterocycles. The summed E-state index contributed by atoms with van der Waals surface area (Å²) in [6.07, 6.45) is 0.879. The number of carbonyl (C=O) groups is 1. The average molecular weight is 286 g/mol. The molecule has 0 bridgehead atoms. The van der Waals surface area contributed by atoms with Crippen LogP contribution in [0.2, 0.25) is 0 Å². The highest BCUT2D eigenvalue weighted by Crippen LogP contribution is 2.19. The maximum Gasteiger partial charge on any atom is 0.231 e. The van der Waals surface area contributed by atoms with Crippen molar-refractivity contribution in [2.24, 2.45) is 0 Å². The van der Waals surface area contributed by atoms with Gasteiger partial charge in [0, 0.05) is 17.9 Å². The van der Waals surface area contributed by atoms with Gasteiger partial charge in [0.15, 0.2) is 0 Å². The van der Waals surface area contributed by atoms with Gasteiger partial charge in [-0.1, -0.05) is 25.1 Å². The van der Waals surface area contributed by atoms with Gasteiger partial charge in [-0.05, 0) is 42.3 Å². The summed E-state index contributed by atoms with van der Waals surface area (Å²) in [6, 6.07) is 13.5. The molecule has 2 aromatic rings. The van der Waals surface area contributed by atoms with Crippen LogP contribution in [0.1, 0.15) is 18.9 Å². The molecular formula is C17H19FN2O. The minimum Gasteiger partial charge on any atom is -0.399 e. The predicted molar refractivity (Wildman–Crippen MR) is 83.6 cm³/mol. The number of hydrogen-bond donors (Lipinski definition) is 1. The van der Waals surface area contributed by atoms with E-state index in [1.165, 1.54) is 6.07 Å². The van der Waals surface area contributed by atoms with Crippen molar-refractivity contribution in [3.05, 3.63) is 59.9 Å². The van der Waals surface area contributed by atoms with E-state index in [4.69, 9.17) is 5.73 Å². The summed E-state index contributed by atoms with van der Waals surface area (Å²) in [4.78, 5) is 14.1. The van der Waals surface area contributed by atoms with E-state index >= 15 is 0 Å². The Morgan fingerprint density at radius 2 is 1.81 bits per heavy atom. The monoisotopic (exact) mass is 286 g/mol. The van der Waals surface area contributed by atoms with Crippen molar-refractivity contribution in [1.29, 1.82) is 0 Å². The van der Waals surface area contributed by atoms with Gasteiger partial charge >= 0.3 is 0 Å². The zero-order valence-corrected chi connectivity index (χ0v) is 12.1. The lowest BCUT2D eigenvalue weighted by Crippen LogP contribution is -2.33. The molecule has 21 heavy (non-hydrogen) atoms. The number of benzene rings is 2. The van der Waals surface area contributed by atoms with Crippen molar-refractivity contribution in [2.45, 2.75) is 19.8 Å². The number of halogens is 1. The van der Waals surface area contributed by atoms with E-state index in [1.54, 1.807) is 35.2 Å². The lowest BCUT2D eigenvalue weighted by Gasteiger charge is -2.22. The van der Waals surface area contributed by atoms with Gasteiger partial charge in [-0.3, -0.25) is 4.79 Å². The van der Waals surface area contributed by atoms with Crippen LogP contribution >= 0.6 is 0 Å². The second kappa shape index (κ2) is 6.88. The SMILES string of the molecule is CCCN(C(=O)Cc1ccccc1F)c1ccc(N)cc1. The molecule has 0 heterocycles. The highest BCUT2D eigenvalue weighted by Gasteiger charge is 2.16. The highest BCUT2D eigenvalue weighted by molar-refractivity contribution is 5.94. The molecule has 110 valence electrons. The zero-order valence-electron chi connectivity index (χ0n) is 12.1. The molecule has 2 N–H and O–H groups in total. The first-order valence-corrected chi connectivity index (χ1v) is 7.01. The lowest BCUT2D eigenvalue weighted by molar-refractivity contribution is -0.118. The smallest absolute Gasteiger partial charge is 0.231 e. The molecular weight excluding hydrogens is 267 g/mol. The standard InChI is InChI=1S/C17H19FN2O/c1-2-11-20(15-9-7-14(19)8-10-15)17(21)12-13-5-3-4-6-16(13)18/h3-10H,2,11-12,19H2,1H3. The molecule has 0 aliphatic rings. The molecule has 3 nitrogen and oxygen atoms in total. The van der Waals surface area contributed by atoms with E-state index in [2.05, 4.69) is 0 Å². The first kappa shape index (κ1) is 15.0.